The van der Waals surface area contributed by atoms with Crippen LogP contribution in [0.4, 0.5) is 5.69 Å². The third-order valence-corrected chi connectivity index (χ3v) is 3.65. The highest BCUT2D eigenvalue weighted by Crippen LogP contribution is 2.20. The highest BCUT2D eigenvalue weighted by atomic mass is 79.9. The number of rotatable bonds is 2. The zero-order valence-electron chi connectivity index (χ0n) is 11.0. The van der Waals surface area contributed by atoms with Gasteiger partial charge in [-0.05, 0) is 44.5 Å². The molecule has 1 N–H and O–H groups in total. The Bertz CT molecular complexity index is 641. The summed E-state index contributed by atoms with van der Waals surface area (Å²) in [5.41, 5.74) is 2.99. The smallest absolute Gasteiger partial charge is 0.259 e. The maximum Gasteiger partial charge on any atom is 0.259 e. The minimum atomic E-state index is -0.195. The molecular formula is C14H14BrN3O. The maximum atomic E-state index is 12.1. The van der Waals surface area contributed by atoms with Crippen molar-refractivity contribution >= 4 is 27.5 Å². The first-order valence-electron chi connectivity index (χ1n) is 5.85. The quantitative estimate of drug-likeness (QED) is 0.922. The number of carbonyl (C=O) groups excluding carboxylic acids is 1. The number of amides is 1. The second kappa shape index (κ2) is 5.48. The van der Waals surface area contributed by atoms with E-state index in [1.165, 1.54) is 0 Å². The van der Waals surface area contributed by atoms with E-state index in [4.69, 9.17) is 0 Å². The predicted octanol–water partition coefficient (Wildman–Crippen LogP) is 3.42. The third-order valence-electron chi connectivity index (χ3n) is 2.76. The van der Waals surface area contributed by atoms with Gasteiger partial charge >= 0.3 is 0 Å². The van der Waals surface area contributed by atoms with E-state index < -0.39 is 0 Å². The number of aromatic nitrogens is 2. The molecule has 0 bridgehead atoms. The molecule has 0 aliphatic heterocycles. The fourth-order valence-corrected chi connectivity index (χ4v) is 1.97. The molecule has 0 aliphatic rings. The summed E-state index contributed by atoms with van der Waals surface area (Å²) in [6, 6.07) is 5.66. The van der Waals surface area contributed by atoms with Gasteiger partial charge in [0.15, 0.2) is 0 Å². The van der Waals surface area contributed by atoms with Crippen LogP contribution in [0.25, 0.3) is 0 Å². The summed E-state index contributed by atoms with van der Waals surface area (Å²) in [4.78, 5) is 20.4. The van der Waals surface area contributed by atoms with Crippen LogP contribution in [-0.2, 0) is 0 Å². The summed E-state index contributed by atoms with van der Waals surface area (Å²) >= 11 is 3.43. The normalized spacial score (nSPS) is 10.3. The second-order valence-electron chi connectivity index (χ2n) is 4.33. The third kappa shape index (κ3) is 3.17. The van der Waals surface area contributed by atoms with E-state index in [1.54, 1.807) is 20.0 Å². The monoisotopic (exact) mass is 319 g/mol. The van der Waals surface area contributed by atoms with Crippen molar-refractivity contribution in [3.8, 4) is 0 Å². The lowest BCUT2D eigenvalue weighted by atomic mass is 10.2. The van der Waals surface area contributed by atoms with Crippen LogP contribution in [0.1, 0.15) is 27.4 Å². The molecule has 0 saturated heterocycles. The molecule has 0 atom stereocenters. The Kier molecular flexibility index (Phi) is 3.95. The molecule has 0 saturated carbocycles. The molecule has 1 amide bonds. The summed E-state index contributed by atoms with van der Waals surface area (Å²) in [5.74, 6) is 0.466. The van der Waals surface area contributed by atoms with Gasteiger partial charge in [0.05, 0.1) is 11.3 Å². The molecule has 0 unspecified atom stereocenters. The lowest BCUT2D eigenvalue weighted by molar-refractivity contribution is 0.102. The Balaban J connectivity index is 2.23. The first-order chi connectivity index (χ1) is 8.97. The SMILES string of the molecule is Cc1ncc(C(=O)Nc2ccc(Br)c(C)c2)c(C)n1. The molecule has 4 nitrogen and oxygen atoms in total. The van der Waals surface area contributed by atoms with Crippen molar-refractivity contribution < 1.29 is 4.79 Å². The number of benzene rings is 1. The van der Waals surface area contributed by atoms with Crippen LogP contribution in [0.3, 0.4) is 0 Å². The Morgan fingerprint density at radius 1 is 1.26 bits per heavy atom. The number of hydrogen-bond acceptors (Lipinski definition) is 3. The van der Waals surface area contributed by atoms with Gasteiger partial charge in [-0.25, -0.2) is 9.97 Å². The number of carbonyl (C=O) groups is 1. The number of nitrogens with zero attached hydrogens (tertiary/aromatic N) is 2. The first-order valence-corrected chi connectivity index (χ1v) is 6.64. The lowest BCUT2D eigenvalue weighted by Crippen LogP contribution is -2.15. The largest absolute Gasteiger partial charge is 0.322 e. The number of nitrogens with one attached hydrogen (secondary N) is 1. The molecule has 0 fully saturated rings. The summed E-state index contributed by atoms with van der Waals surface area (Å²) in [6.07, 6.45) is 1.55. The standard InChI is InChI=1S/C14H14BrN3O/c1-8-6-11(4-5-13(8)15)18-14(19)12-7-16-10(3)17-9(12)2/h4-7H,1-3H3,(H,18,19). The Hall–Kier alpha value is -1.75. The summed E-state index contributed by atoms with van der Waals surface area (Å²) < 4.78 is 1.01. The number of hydrogen-bond donors (Lipinski definition) is 1. The van der Waals surface area contributed by atoms with Crippen molar-refractivity contribution in [2.75, 3.05) is 5.32 Å². The van der Waals surface area contributed by atoms with Crippen molar-refractivity contribution in [3.05, 3.63) is 51.5 Å². The van der Waals surface area contributed by atoms with E-state index in [0.29, 0.717) is 17.1 Å². The molecule has 19 heavy (non-hydrogen) atoms. The van der Waals surface area contributed by atoms with Crippen LogP contribution >= 0.6 is 15.9 Å². The van der Waals surface area contributed by atoms with Gasteiger partial charge < -0.3 is 5.32 Å². The van der Waals surface area contributed by atoms with Gasteiger partial charge in [0.1, 0.15) is 5.82 Å². The van der Waals surface area contributed by atoms with E-state index >= 15 is 0 Å². The van der Waals surface area contributed by atoms with E-state index in [-0.39, 0.29) is 5.91 Å². The molecule has 2 aromatic rings. The van der Waals surface area contributed by atoms with Crippen LogP contribution < -0.4 is 5.32 Å². The fourth-order valence-electron chi connectivity index (χ4n) is 1.73. The molecule has 1 aromatic heterocycles. The summed E-state index contributed by atoms with van der Waals surface area (Å²) in [6.45, 7) is 5.57. The predicted molar refractivity (Wildman–Crippen MR) is 78.3 cm³/mol. The highest BCUT2D eigenvalue weighted by molar-refractivity contribution is 9.10. The van der Waals surface area contributed by atoms with Gasteiger partial charge in [0.25, 0.3) is 5.91 Å². The van der Waals surface area contributed by atoms with E-state index in [1.807, 2.05) is 25.1 Å². The van der Waals surface area contributed by atoms with Crippen LogP contribution in [0.2, 0.25) is 0 Å². The van der Waals surface area contributed by atoms with Gasteiger partial charge in [-0.1, -0.05) is 15.9 Å². The zero-order valence-corrected chi connectivity index (χ0v) is 12.6. The molecule has 0 aliphatic carbocycles. The number of anilines is 1. The molecule has 0 radical (unpaired) electrons. The average molecular weight is 320 g/mol. The number of aryl methyl sites for hydroxylation is 3. The van der Waals surface area contributed by atoms with Crippen LogP contribution in [0.15, 0.2) is 28.9 Å². The van der Waals surface area contributed by atoms with Crippen molar-refractivity contribution in [1.29, 1.82) is 0 Å². The van der Waals surface area contributed by atoms with Crippen molar-refractivity contribution in [2.24, 2.45) is 0 Å². The van der Waals surface area contributed by atoms with E-state index in [2.05, 4.69) is 31.2 Å². The number of halogens is 1. The average Bonchev–Trinajstić information content (AvgIpc) is 2.33. The Morgan fingerprint density at radius 2 is 2.00 bits per heavy atom. The van der Waals surface area contributed by atoms with Crippen molar-refractivity contribution in [3.63, 3.8) is 0 Å². The second-order valence-corrected chi connectivity index (χ2v) is 5.19. The van der Waals surface area contributed by atoms with Crippen molar-refractivity contribution in [2.45, 2.75) is 20.8 Å². The van der Waals surface area contributed by atoms with E-state index in [0.717, 1.165) is 15.7 Å². The minimum absolute atomic E-state index is 0.195. The maximum absolute atomic E-state index is 12.1. The Morgan fingerprint density at radius 3 is 2.63 bits per heavy atom. The van der Waals surface area contributed by atoms with E-state index in [9.17, 15) is 4.79 Å². The van der Waals surface area contributed by atoms with Crippen LogP contribution in [-0.4, -0.2) is 15.9 Å². The van der Waals surface area contributed by atoms with Crippen LogP contribution in [0, 0.1) is 20.8 Å². The van der Waals surface area contributed by atoms with Gasteiger partial charge in [-0.15, -0.1) is 0 Å². The topological polar surface area (TPSA) is 54.9 Å². The summed E-state index contributed by atoms with van der Waals surface area (Å²) in [7, 11) is 0. The molecule has 5 heteroatoms. The molecule has 2 rings (SSSR count). The highest BCUT2D eigenvalue weighted by Gasteiger charge is 2.11. The van der Waals surface area contributed by atoms with Gasteiger partial charge in [-0.3, -0.25) is 4.79 Å². The zero-order chi connectivity index (χ0) is 14.0. The Labute approximate surface area is 120 Å². The molecule has 98 valence electrons. The summed E-state index contributed by atoms with van der Waals surface area (Å²) in [5, 5.41) is 2.85. The molecular weight excluding hydrogens is 306 g/mol. The van der Waals surface area contributed by atoms with Gasteiger partial charge in [-0.2, -0.15) is 0 Å². The minimum Gasteiger partial charge on any atom is -0.322 e. The fraction of sp³-hybridized carbons (Fsp3) is 0.214. The van der Waals surface area contributed by atoms with Crippen molar-refractivity contribution in [1.82, 2.24) is 9.97 Å². The first kappa shape index (κ1) is 13.7. The molecule has 1 heterocycles. The molecule has 0 spiro atoms. The van der Waals surface area contributed by atoms with Gasteiger partial charge in [0, 0.05) is 16.4 Å². The lowest BCUT2D eigenvalue weighted by Gasteiger charge is -2.08. The van der Waals surface area contributed by atoms with Crippen LogP contribution in [0.5, 0.6) is 0 Å². The van der Waals surface area contributed by atoms with Gasteiger partial charge in [0.2, 0.25) is 0 Å². The molecule has 1 aromatic carbocycles.